The molecule has 0 bridgehead atoms. The third kappa shape index (κ3) is 4.97. The summed E-state index contributed by atoms with van der Waals surface area (Å²) in [5.74, 6) is 0. The van der Waals surface area contributed by atoms with E-state index >= 15 is 0 Å². The Balaban J connectivity index is 1.86. The Hall–Kier alpha value is -1.14. The minimum absolute atomic E-state index is 0.163. The number of halogens is 4. The van der Waals surface area contributed by atoms with E-state index in [1.807, 2.05) is 24.3 Å². The van der Waals surface area contributed by atoms with Crippen LogP contribution in [-0.4, -0.2) is 17.7 Å². The van der Waals surface area contributed by atoms with E-state index in [9.17, 15) is 13.2 Å². The zero-order valence-electron chi connectivity index (χ0n) is 11.4. The number of rotatable bonds is 6. The average Bonchev–Trinajstić information content (AvgIpc) is 2.44. The topological polar surface area (TPSA) is 24.9 Å². The Morgan fingerprint density at radius 2 is 1.95 bits per heavy atom. The molecule has 1 heterocycles. The number of benzene rings is 1. The number of nitrogens with zero attached hydrogens (tertiary/aromatic N) is 1. The predicted molar refractivity (Wildman–Crippen MR) is 81.1 cm³/mol. The van der Waals surface area contributed by atoms with Gasteiger partial charge in [0.25, 0.3) is 0 Å². The molecule has 0 spiro atoms. The predicted octanol–water partition coefficient (Wildman–Crippen LogP) is 4.82. The number of fused-ring (bicyclic) bond motifs is 1. The van der Waals surface area contributed by atoms with E-state index < -0.39 is 12.6 Å². The number of hydrogen-bond donors (Lipinski definition) is 1. The highest BCUT2D eigenvalue weighted by molar-refractivity contribution is 9.10. The van der Waals surface area contributed by atoms with Crippen molar-refractivity contribution in [1.29, 1.82) is 0 Å². The Morgan fingerprint density at radius 3 is 2.71 bits per heavy atom. The van der Waals surface area contributed by atoms with Crippen LogP contribution in [0.1, 0.15) is 24.8 Å². The first-order valence-electron chi connectivity index (χ1n) is 6.77. The first-order valence-corrected chi connectivity index (χ1v) is 7.56. The molecule has 1 aromatic carbocycles. The van der Waals surface area contributed by atoms with E-state index in [0.29, 0.717) is 19.5 Å². The Labute approximate surface area is 129 Å². The van der Waals surface area contributed by atoms with Gasteiger partial charge in [-0.15, -0.1) is 0 Å². The molecular formula is C15H16BrF3N2. The second-order valence-electron chi connectivity index (χ2n) is 4.86. The first kappa shape index (κ1) is 16.2. The van der Waals surface area contributed by atoms with Gasteiger partial charge in [0.15, 0.2) is 0 Å². The Morgan fingerprint density at radius 1 is 1.14 bits per heavy atom. The van der Waals surface area contributed by atoms with Crippen molar-refractivity contribution in [2.45, 2.75) is 32.0 Å². The van der Waals surface area contributed by atoms with Crippen molar-refractivity contribution in [1.82, 2.24) is 10.3 Å². The lowest BCUT2D eigenvalue weighted by molar-refractivity contribution is -0.135. The minimum Gasteiger partial charge on any atom is -0.313 e. The quantitative estimate of drug-likeness (QED) is 0.747. The molecule has 0 radical (unpaired) electrons. The maximum absolute atomic E-state index is 12.0. The van der Waals surface area contributed by atoms with Gasteiger partial charge in [-0.25, -0.2) is 0 Å². The van der Waals surface area contributed by atoms with Crippen LogP contribution in [0.5, 0.6) is 0 Å². The van der Waals surface area contributed by atoms with Gasteiger partial charge in [0.2, 0.25) is 0 Å². The maximum Gasteiger partial charge on any atom is 0.389 e. The van der Waals surface area contributed by atoms with Crippen molar-refractivity contribution >= 4 is 26.8 Å². The van der Waals surface area contributed by atoms with Crippen molar-refractivity contribution in [2.75, 3.05) is 6.54 Å². The van der Waals surface area contributed by atoms with Crippen LogP contribution in [0.25, 0.3) is 10.9 Å². The van der Waals surface area contributed by atoms with Gasteiger partial charge in [0.1, 0.15) is 0 Å². The molecule has 0 aliphatic heterocycles. The van der Waals surface area contributed by atoms with Gasteiger partial charge in [0.05, 0.1) is 5.52 Å². The van der Waals surface area contributed by atoms with Gasteiger partial charge in [-0.1, -0.05) is 28.1 Å². The lowest BCUT2D eigenvalue weighted by Crippen LogP contribution is -2.16. The number of alkyl halides is 3. The molecule has 0 unspecified atom stereocenters. The largest absolute Gasteiger partial charge is 0.389 e. The standard InChI is InChI=1S/C15H16BrF3N2/c16-13-6-5-11(14-12(13)4-3-9-21-14)10-20-8-2-1-7-15(17,18)19/h3-6,9,20H,1-2,7-8,10H2. The highest BCUT2D eigenvalue weighted by atomic mass is 79.9. The fraction of sp³-hybridized carbons (Fsp3) is 0.400. The SMILES string of the molecule is FC(F)(F)CCCCNCc1ccc(Br)c2cccnc12. The van der Waals surface area contributed by atoms with Crippen LogP contribution < -0.4 is 5.32 Å². The number of aromatic nitrogens is 1. The summed E-state index contributed by atoms with van der Waals surface area (Å²) >= 11 is 3.49. The molecule has 2 nitrogen and oxygen atoms in total. The molecule has 2 rings (SSSR count). The monoisotopic (exact) mass is 360 g/mol. The maximum atomic E-state index is 12.0. The summed E-state index contributed by atoms with van der Waals surface area (Å²) in [7, 11) is 0. The van der Waals surface area contributed by atoms with E-state index in [0.717, 1.165) is 20.9 Å². The third-order valence-corrected chi connectivity index (χ3v) is 3.87. The van der Waals surface area contributed by atoms with Crippen LogP contribution >= 0.6 is 15.9 Å². The molecular weight excluding hydrogens is 345 g/mol. The molecule has 0 aliphatic carbocycles. The fourth-order valence-corrected chi connectivity index (χ4v) is 2.59. The third-order valence-electron chi connectivity index (χ3n) is 3.18. The normalized spacial score (nSPS) is 12.0. The molecule has 2 aromatic rings. The average molecular weight is 361 g/mol. The van der Waals surface area contributed by atoms with Crippen molar-refractivity contribution in [3.8, 4) is 0 Å². The lowest BCUT2D eigenvalue weighted by Gasteiger charge is -2.09. The molecule has 0 amide bonds. The summed E-state index contributed by atoms with van der Waals surface area (Å²) in [5, 5.41) is 4.21. The van der Waals surface area contributed by atoms with E-state index in [-0.39, 0.29) is 6.42 Å². The summed E-state index contributed by atoms with van der Waals surface area (Å²) < 4.78 is 37.0. The fourth-order valence-electron chi connectivity index (χ4n) is 2.14. The van der Waals surface area contributed by atoms with Gasteiger partial charge in [0, 0.05) is 29.0 Å². The Kier molecular flexibility index (Phi) is 5.58. The molecule has 6 heteroatoms. The van der Waals surface area contributed by atoms with Crippen LogP contribution in [0.2, 0.25) is 0 Å². The molecule has 21 heavy (non-hydrogen) atoms. The highest BCUT2D eigenvalue weighted by Crippen LogP contribution is 2.25. The Bertz CT molecular complexity index is 599. The highest BCUT2D eigenvalue weighted by Gasteiger charge is 2.25. The number of nitrogens with one attached hydrogen (secondary N) is 1. The molecule has 0 fully saturated rings. The van der Waals surface area contributed by atoms with E-state index in [1.165, 1.54) is 0 Å². The summed E-state index contributed by atoms with van der Waals surface area (Å²) in [6.07, 6.45) is -2.35. The van der Waals surface area contributed by atoms with Crippen LogP contribution in [0, 0.1) is 0 Å². The second-order valence-corrected chi connectivity index (χ2v) is 5.71. The summed E-state index contributed by atoms with van der Waals surface area (Å²) in [6, 6.07) is 7.80. The lowest BCUT2D eigenvalue weighted by atomic mass is 10.1. The van der Waals surface area contributed by atoms with Crippen molar-refractivity contribution in [3.05, 3.63) is 40.5 Å². The van der Waals surface area contributed by atoms with Crippen LogP contribution in [0.15, 0.2) is 34.9 Å². The number of pyridine rings is 1. The van der Waals surface area contributed by atoms with Crippen LogP contribution in [0.3, 0.4) is 0 Å². The summed E-state index contributed by atoms with van der Waals surface area (Å²) in [4.78, 5) is 4.37. The van der Waals surface area contributed by atoms with Gasteiger partial charge < -0.3 is 5.32 Å². The first-order chi connectivity index (χ1) is 9.97. The number of unbranched alkanes of at least 4 members (excludes halogenated alkanes) is 1. The summed E-state index contributed by atoms with van der Waals surface area (Å²) in [6.45, 7) is 1.17. The van der Waals surface area contributed by atoms with Crippen molar-refractivity contribution in [3.63, 3.8) is 0 Å². The zero-order chi connectivity index (χ0) is 15.3. The molecule has 114 valence electrons. The molecule has 0 saturated heterocycles. The zero-order valence-corrected chi connectivity index (χ0v) is 13.0. The van der Waals surface area contributed by atoms with E-state index in [4.69, 9.17) is 0 Å². The van der Waals surface area contributed by atoms with E-state index in [1.54, 1.807) is 6.20 Å². The molecule has 1 aromatic heterocycles. The second kappa shape index (κ2) is 7.22. The molecule has 0 saturated carbocycles. The van der Waals surface area contributed by atoms with E-state index in [2.05, 4.69) is 26.2 Å². The van der Waals surface area contributed by atoms with Gasteiger partial charge in [-0.2, -0.15) is 13.2 Å². The van der Waals surface area contributed by atoms with Crippen LogP contribution in [0.4, 0.5) is 13.2 Å². The van der Waals surface area contributed by atoms with Crippen LogP contribution in [-0.2, 0) is 6.54 Å². The number of hydrogen-bond acceptors (Lipinski definition) is 2. The molecule has 0 aliphatic rings. The smallest absolute Gasteiger partial charge is 0.313 e. The van der Waals surface area contributed by atoms with Crippen molar-refractivity contribution in [2.24, 2.45) is 0 Å². The van der Waals surface area contributed by atoms with Gasteiger partial charge in [-0.05, 0) is 37.1 Å². The minimum atomic E-state index is -4.05. The molecule has 0 atom stereocenters. The van der Waals surface area contributed by atoms with Gasteiger partial charge in [-0.3, -0.25) is 4.98 Å². The summed E-state index contributed by atoms with van der Waals surface area (Å²) in [5.41, 5.74) is 1.96. The molecule has 1 N–H and O–H groups in total. The van der Waals surface area contributed by atoms with Crippen molar-refractivity contribution < 1.29 is 13.2 Å². The van der Waals surface area contributed by atoms with Gasteiger partial charge >= 0.3 is 6.18 Å².